The molecule has 0 aliphatic rings. The summed E-state index contributed by atoms with van der Waals surface area (Å²) in [6.45, 7) is 0. The summed E-state index contributed by atoms with van der Waals surface area (Å²) < 4.78 is 7.48. The van der Waals surface area contributed by atoms with E-state index in [4.69, 9.17) is 10.0 Å². The van der Waals surface area contributed by atoms with Crippen molar-refractivity contribution in [1.29, 1.82) is 0 Å². The van der Waals surface area contributed by atoms with Crippen LogP contribution in [0.3, 0.4) is 0 Å². The predicted molar refractivity (Wildman–Crippen MR) is 298 cm³/mol. The van der Waals surface area contributed by atoms with E-state index in [0.717, 1.165) is 5.39 Å². The fraction of sp³-hybridized carbons (Fsp3) is 0. The van der Waals surface area contributed by atoms with E-state index < -0.39 is 15.2 Å². The van der Waals surface area contributed by atoms with Gasteiger partial charge in [0.15, 0.2) is 8.07 Å². The number of benzene rings is 10. The van der Waals surface area contributed by atoms with Crippen LogP contribution in [0.4, 0.5) is 0 Å². The zero-order valence-electron chi connectivity index (χ0n) is 36.9. The van der Waals surface area contributed by atoms with Crippen LogP contribution in [0, 0.1) is 0 Å². The van der Waals surface area contributed by atoms with Gasteiger partial charge in [0, 0.05) is 59.8 Å². The molecule has 0 bridgehead atoms. The van der Waals surface area contributed by atoms with Gasteiger partial charge in [-0.2, -0.15) is 0 Å². The lowest BCUT2D eigenvalue weighted by atomic mass is 9.80. The summed E-state index contributed by atoms with van der Waals surface area (Å²) in [5.41, 5.74) is 6.65. The number of hydrogen-bond acceptors (Lipinski definition) is 4. The van der Waals surface area contributed by atoms with Gasteiger partial charge < -0.3 is 14.6 Å². The van der Waals surface area contributed by atoms with Crippen molar-refractivity contribution in [1.82, 2.24) is 4.57 Å². The summed E-state index contributed by atoms with van der Waals surface area (Å²) in [7, 11) is -4.18. The zero-order chi connectivity index (χ0) is 44.9. The van der Waals surface area contributed by atoms with Crippen molar-refractivity contribution in [2.75, 3.05) is 0 Å². The fourth-order valence-electron chi connectivity index (χ4n) is 10.2. The number of fused-ring (bicyclic) bond motifs is 9. The van der Waals surface area contributed by atoms with Crippen LogP contribution in [0.1, 0.15) is 0 Å². The summed E-state index contributed by atoms with van der Waals surface area (Å²) in [6.07, 6.45) is 0. The van der Waals surface area contributed by atoms with E-state index in [1.54, 1.807) is 17.4 Å². The van der Waals surface area contributed by atoms with Gasteiger partial charge in [-0.3, -0.25) is 0 Å². The van der Waals surface area contributed by atoms with Gasteiger partial charge in [-0.15, -0.1) is 22.7 Å². The lowest BCUT2D eigenvalue weighted by molar-refractivity contribution is 0.426. The first-order chi connectivity index (χ1) is 33.0. The molecule has 0 aliphatic heterocycles. The maximum atomic E-state index is 9.15. The van der Waals surface area contributed by atoms with E-state index in [2.05, 4.69) is 217 Å². The number of rotatable bonds is 7. The minimum absolute atomic E-state index is 0. The molecule has 0 amide bonds. The molecule has 13 rings (SSSR count). The lowest BCUT2D eigenvalue weighted by Crippen LogP contribution is -2.74. The highest BCUT2D eigenvalue weighted by Gasteiger charge is 2.41. The summed E-state index contributed by atoms with van der Waals surface area (Å²) in [5, 5.41) is 31.3. The second-order valence-electron chi connectivity index (χ2n) is 17.0. The summed E-state index contributed by atoms with van der Waals surface area (Å²) >= 11 is 3.59. The van der Waals surface area contributed by atoms with E-state index in [-0.39, 0.29) is 8.41 Å². The topological polar surface area (TPSA) is 45.4 Å². The molecule has 8 heteroatoms. The standard InChI is InChI=1S/C48H33NSSi.C12H9BO2S.B/c1-4-14-36(15-5-1)49-45-22-12-10-20-41(45)43-33-40(29-30-46(43)49)51(37-16-6-2-7-17-37,38-18-8-3-9-19-38)39-27-24-34(25-28-39)35-26-31-48-44(32-35)42-21-11-13-23-47(42)50-48;14-13(15)8-5-6-12-10(7-8)9-3-1-2-4-11(9)16-12;/h1-33H;1-7,14-15H;. The van der Waals surface area contributed by atoms with Gasteiger partial charge in [0.1, 0.15) is 0 Å². The predicted octanol–water partition coefficient (Wildman–Crippen LogP) is 11.5. The third-order valence-electron chi connectivity index (χ3n) is 13.3. The number of hydrogen-bond donors (Lipinski definition) is 2. The first kappa shape index (κ1) is 43.3. The van der Waals surface area contributed by atoms with Gasteiger partial charge in [0.25, 0.3) is 0 Å². The van der Waals surface area contributed by atoms with Gasteiger partial charge in [0.05, 0.1) is 11.0 Å². The van der Waals surface area contributed by atoms with Crippen LogP contribution in [0.5, 0.6) is 0 Å². The highest BCUT2D eigenvalue weighted by molar-refractivity contribution is 7.26. The van der Waals surface area contributed by atoms with Crippen LogP contribution >= 0.6 is 22.7 Å². The van der Waals surface area contributed by atoms with Crippen molar-refractivity contribution >= 4 is 135 Å². The molecule has 0 atom stereocenters. The molecule has 68 heavy (non-hydrogen) atoms. The van der Waals surface area contributed by atoms with Crippen LogP contribution in [-0.4, -0.2) is 38.2 Å². The largest absolute Gasteiger partial charge is 0.488 e. The molecule has 0 aliphatic carbocycles. The fourth-order valence-corrected chi connectivity index (χ4v) is 17.1. The Kier molecular flexibility index (Phi) is 11.5. The first-order valence-electron chi connectivity index (χ1n) is 22.5. The Balaban J connectivity index is 0.000000252. The molecule has 3 aromatic heterocycles. The first-order valence-corrected chi connectivity index (χ1v) is 26.2. The van der Waals surface area contributed by atoms with Crippen molar-refractivity contribution < 1.29 is 10.0 Å². The van der Waals surface area contributed by atoms with Crippen molar-refractivity contribution in [3.05, 3.63) is 243 Å². The quantitative estimate of drug-likeness (QED) is 0.124. The van der Waals surface area contributed by atoms with E-state index in [1.807, 2.05) is 35.6 Å². The second kappa shape index (κ2) is 18.1. The van der Waals surface area contributed by atoms with Crippen LogP contribution in [0.25, 0.3) is 79.0 Å². The molecule has 0 saturated carbocycles. The van der Waals surface area contributed by atoms with E-state index >= 15 is 0 Å². The molecule has 0 unspecified atom stereocenters. The monoisotopic (exact) mass is 922 g/mol. The van der Waals surface area contributed by atoms with E-state index in [1.165, 1.54) is 94.3 Å². The van der Waals surface area contributed by atoms with Gasteiger partial charge in [-0.1, -0.05) is 188 Å². The molecule has 3 heterocycles. The van der Waals surface area contributed by atoms with Crippen molar-refractivity contribution in [2.24, 2.45) is 0 Å². The lowest BCUT2D eigenvalue weighted by Gasteiger charge is -2.34. The van der Waals surface area contributed by atoms with Gasteiger partial charge >= 0.3 is 7.12 Å². The summed E-state index contributed by atoms with van der Waals surface area (Å²) in [6, 6.07) is 88.2. The molecule has 13 aromatic rings. The summed E-state index contributed by atoms with van der Waals surface area (Å²) in [4.78, 5) is 0. The number of thiophene rings is 2. The molecular weight excluding hydrogens is 881 g/mol. The maximum absolute atomic E-state index is 9.15. The average Bonchev–Trinajstić information content (AvgIpc) is 4.07. The van der Waals surface area contributed by atoms with Crippen LogP contribution in [0.15, 0.2) is 243 Å². The van der Waals surface area contributed by atoms with Crippen molar-refractivity contribution in [2.45, 2.75) is 0 Å². The molecule has 3 nitrogen and oxygen atoms in total. The summed E-state index contributed by atoms with van der Waals surface area (Å²) in [5.74, 6) is 0. The molecule has 0 spiro atoms. The Labute approximate surface area is 406 Å². The van der Waals surface area contributed by atoms with Crippen molar-refractivity contribution in [3.8, 4) is 16.8 Å². The molecule has 0 fully saturated rings. The Hall–Kier alpha value is -7.29. The van der Waals surface area contributed by atoms with Crippen LogP contribution in [0.2, 0.25) is 0 Å². The van der Waals surface area contributed by atoms with E-state index in [0.29, 0.717) is 5.46 Å². The molecule has 10 aromatic carbocycles. The minimum Gasteiger partial charge on any atom is -0.423 e. The Bertz CT molecular complexity index is 3870. The van der Waals surface area contributed by atoms with Crippen LogP contribution in [-0.2, 0) is 0 Å². The molecule has 2 N–H and O–H groups in total. The minimum atomic E-state index is -2.78. The van der Waals surface area contributed by atoms with E-state index in [9.17, 15) is 0 Å². The Morgan fingerprint density at radius 3 is 1.41 bits per heavy atom. The normalized spacial score (nSPS) is 11.6. The highest BCUT2D eigenvalue weighted by atomic mass is 32.1. The molecule has 0 saturated heterocycles. The zero-order valence-corrected chi connectivity index (χ0v) is 39.5. The molecular formula is C60H42B2NO2S2Si. The Morgan fingerprint density at radius 2 is 0.794 bits per heavy atom. The smallest absolute Gasteiger partial charge is 0.423 e. The van der Waals surface area contributed by atoms with Gasteiger partial charge in [0.2, 0.25) is 0 Å². The Morgan fingerprint density at radius 1 is 0.338 bits per heavy atom. The van der Waals surface area contributed by atoms with Gasteiger partial charge in [-0.25, -0.2) is 0 Å². The molecule has 321 valence electrons. The maximum Gasteiger partial charge on any atom is 0.488 e. The average molecular weight is 923 g/mol. The van der Waals surface area contributed by atoms with Crippen molar-refractivity contribution in [3.63, 3.8) is 0 Å². The number of nitrogens with zero attached hydrogens (tertiary/aromatic N) is 1. The highest BCUT2D eigenvalue weighted by Crippen LogP contribution is 2.37. The third kappa shape index (κ3) is 7.38. The number of aromatic nitrogens is 1. The van der Waals surface area contributed by atoms with Crippen LogP contribution < -0.4 is 26.2 Å². The van der Waals surface area contributed by atoms with Gasteiger partial charge in [-0.05, 0) is 97.3 Å². The number of para-hydroxylation sites is 2. The third-order valence-corrected chi connectivity index (χ3v) is 20.3. The second-order valence-corrected chi connectivity index (χ2v) is 23.0. The SMILES string of the molecule is OB(O)c1ccc2sc3ccccc3c2c1.[B].c1ccc(-n2c3ccccc3c3cc([Si](c4ccccc4)(c4ccccc4)c4ccc(-c5ccc6sc7ccccc7c6c5)cc4)ccc32)cc1. The molecule has 3 radical (unpaired) electrons.